The van der Waals surface area contributed by atoms with Crippen molar-refractivity contribution in [1.82, 2.24) is 4.57 Å². The highest BCUT2D eigenvalue weighted by Crippen LogP contribution is 2.19. The van der Waals surface area contributed by atoms with E-state index in [0.29, 0.717) is 11.4 Å². The maximum Gasteiger partial charge on any atom is 0.326 e. The molecule has 0 atom stereocenters. The highest BCUT2D eigenvalue weighted by molar-refractivity contribution is 8.14. The van der Waals surface area contributed by atoms with Gasteiger partial charge in [0.2, 0.25) is 0 Å². The number of carbonyl (C=O) groups is 3. The van der Waals surface area contributed by atoms with Crippen LogP contribution in [0.5, 0.6) is 0 Å². The zero-order valence-electron chi connectivity index (χ0n) is 13.7. The summed E-state index contributed by atoms with van der Waals surface area (Å²) in [4.78, 5) is 39.3. The van der Waals surface area contributed by atoms with Crippen molar-refractivity contribution in [3.8, 4) is 0 Å². The second-order valence-corrected chi connectivity index (χ2v) is 7.19. The Morgan fingerprint density at radius 1 is 1.33 bits per heavy atom. The molecule has 0 N–H and O–H groups in total. The summed E-state index contributed by atoms with van der Waals surface area (Å²) in [5.41, 5.74) is 1.90. The summed E-state index contributed by atoms with van der Waals surface area (Å²) in [7, 11) is 0. The first-order chi connectivity index (χ1) is 11.4. The minimum atomic E-state index is -0.406. The van der Waals surface area contributed by atoms with E-state index in [1.54, 1.807) is 11.5 Å². The third kappa shape index (κ3) is 4.78. The maximum absolute atomic E-state index is 12.0. The molecule has 8 heteroatoms. The summed E-state index contributed by atoms with van der Waals surface area (Å²) < 4.78 is 7.61. The van der Waals surface area contributed by atoms with Gasteiger partial charge < -0.3 is 9.30 Å². The Bertz CT molecular complexity index is 851. The molecule has 0 radical (unpaired) electrons. The second-order valence-electron chi connectivity index (χ2n) is 5.03. The van der Waals surface area contributed by atoms with Crippen LogP contribution in [0, 0.1) is 6.92 Å². The number of amides is 1. The quantitative estimate of drug-likeness (QED) is 0.759. The molecule has 0 saturated heterocycles. The van der Waals surface area contributed by atoms with Crippen LogP contribution in [0.4, 0.5) is 0 Å². The molecule has 2 aromatic rings. The molecule has 1 aromatic heterocycles. The number of fused-ring (bicyclic) bond motifs is 1. The van der Waals surface area contributed by atoms with E-state index in [0.717, 1.165) is 27.5 Å². The maximum atomic E-state index is 12.0. The van der Waals surface area contributed by atoms with Gasteiger partial charge in [-0.3, -0.25) is 14.4 Å². The zero-order chi connectivity index (χ0) is 17.7. The van der Waals surface area contributed by atoms with Gasteiger partial charge in [0, 0.05) is 6.92 Å². The van der Waals surface area contributed by atoms with Crippen molar-refractivity contribution in [3.05, 3.63) is 28.6 Å². The highest BCUT2D eigenvalue weighted by Gasteiger charge is 2.12. The van der Waals surface area contributed by atoms with Gasteiger partial charge in [-0.2, -0.15) is 4.99 Å². The van der Waals surface area contributed by atoms with Crippen LogP contribution in [-0.4, -0.2) is 33.9 Å². The molecular formula is C16H18N2O4S2. The Kier molecular flexibility index (Phi) is 6.33. The number of aromatic nitrogens is 1. The van der Waals surface area contributed by atoms with Gasteiger partial charge in [-0.15, -0.1) is 0 Å². The van der Waals surface area contributed by atoms with Crippen LogP contribution < -0.4 is 4.80 Å². The predicted octanol–water partition coefficient (Wildman–Crippen LogP) is 2.28. The lowest BCUT2D eigenvalue weighted by atomic mass is 10.2. The molecule has 0 aliphatic heterocycles. The number of benzene rings is 1. The Labute approximate surface area is 147 Å². The topological polar surface area (TPSA) is 77.7 Å². The average Bonchev–Trinajstić information content (AvgIpc) is 2.82. The van der Waals surface area contributed by atoms with Crippen LogP contribution in [0.3, 0.4) is 0 Å². The van der Waals surface area contributed by atoms with Gasteiger partial charge in [-0.1, -0.05) is 29.2 Å². The normalized spacial score (nSPS) is 11.7. The number of hydrogen-bond donors (Lipinski definition) is 0. The number of aryl methyl sites for hydroxylation is 1. The van der Waals surface area contributed by atoms with E-state index in [-0.39, 0.29) is 23.4 Å². The summed E-state index contributed by atoms with van der Waals surface area (Å²) in [5, 5.41) is -0.134. The molecule has 0 spiro atoms. The number of hydrogen-bond acceptors (Lipinski definition) is 6. The largest absolute Gasteiger partial charge is 0.465 e. The van der Waals surface area contributed by atoms with Crippen LogP contribution in [0.1, 0.15) is 19.4 Å². The number of ether oxygens (including phenoxy) is 1. The Balaban J connectivity index is 2.44. The van der Waals surface area contributed by atoms with E-state index in [9.17, 15) is 14.4 Å². The molecule has 1 aromatic carbocycles. The molecule has 1 heterocycles. The van der Waals surface area contributed by atoms with Crippen LogP contribution in [0.15, 0.2) is 23.2 Å². The lowest BCUT2D eigenvalue weighted by molar-refractivity contribution is -0.143. The van der Waals surface area contributed by atoms with Crippen molar-refractivity contribution in [1.29, 1.82) is 0 Å². The molecule has 0 aliphatic carbocycles. The molecule has 1 amide bonds. The van der Waals surface area contributed by atoms with Gasteiger partial charge in [0.05, 0.1) is 22.6 Å². The lowest BCUT2D eigenvalue weighted by Crippen LogP contribution is -2.23. The molecule has 0 fully saturated rings. The SMILES string of the molecule is CCOC(=O)Cn1c(=NC(=O)CSC(C)=O)sc2cc(C)ccc21. The fourth-order valence-electron chi connectivity index (χ4n) is 2.06. The fourth-order valence-corrected chi connectivity index (χ4v) is 3.59. The zero-order valence-corrected chi connectivity index (χ0v) is 15.3. The van der Waals surface area contributed by atoms with Gasteiger partial charge in [0.1, 0.15) is 6.54 Å². The van der Waals surface area contributed by atoms with Crippen LogP contribution >= 0.6 is 23.1 Å². The van der Waals surface area contributed by atoms with Crippen LogP contribution in [-0.2, 0) is 25.7 Å². The van der Waals surface area contributed by atoms with Crippen LogP contribution in [0.25, 0.3) is 10.2 Å². The fraction of sp³-hybridized carbons (Fsp3) is 0.375. The molecule has 0 unspecified atom stereocenters. The van der Waals surface area contributed by atoms with Gasteiger partial charge in [-0.05, 0) is 31.5 Å². The molecule has 0 bridgehead atoms. The molecular weight excluding hydrogens is 348 g/mol. The van der Waals surface area contributed by atoms with Crippen molar-refractivity contribution >= 4 is 50.3 Å². The van der Waals surface area contributed by atoms with Crippen molar-refractivity contribution in [2.75, 3.05) is 12.4 Å². The van der Waals surface area contributed by atoms with E-state index < -0.39 is 5.91 Å². The lowest BCUT2D eigenvalue weighted by Gasteiger charge is -2.05. The number of esters is 1. The molecule has 2 rings (SSSR count). The molecule has 6 nitrogen and oxygen atoms in total. The third-order valence-electron chi connectivity index (χ3n) is 3.05. The minimum absolute atomic E-state index is 0.0110. The van der Waals surface area contributed by atoms with Gasteiger partial charge in [0.15, 0.2) is 9.92 Å². The Morgan fingerprint density at radius 2 is 2.08 bits per heavy atom. The average molecular weight is 366 g/mol. The summed E-state index contributed by atoms with van der Waals surface area (Å²) in [6.45, 7) is 5.40. The first-order valence-corrected chi connectivity index (χ1v) is 9.17. The van der Waals surface area contributed by atoms with E-state index in [1.165, 1.54) is 18.3 Å². The minimum Gasteiger partial charge on any atom is -0.465 e. The standard InChI is InChI=1S/C16H18N2O4S2/c1-4-22-15(21)8-18-12-6-5-10(2)7-13(12)24-16(18)17-14(20)9-23-11(3)19/h5-7H,4,8-9H2,1-3H3. The number of rotatable bonds is 5. The Hall–Kier alpha value is -1.93. The Morgan fingerprint density at radius 3 is 2.75 bits per heavy atom. The highest BCUT2D eigenvalue weighted by atomic mass is 32.2. The monoisotopic (exact) mass is 366 g/mol. The smallest absolute Gasteiger partial charge is 0.326 e. The van der Waals surface area contributed by atoms with E-state index in [2.05, 4.69) is 4.99 Å². The molecule has 24 heavy (non-hydrogen) atoms. The number of thioether (sulfide) groups is 1. The summed E-state index contributed by atoms with van der Waals surface area (Å²) in [6.07, 6.45) is 0. The first kappa shape index (κ1) is 18.4. The van der Waals surface area contributed by atoms with E-state index >= 15 is 0 Å². The van der Waals surface area contributed by atoms with Crippen molar-refractivity contribution in [2.24, 2.45) is 4.99 Å². The van der Waals surface area contributed by atoms with E-state index in [4.69, 9.17) is 4.74 Å². The predicted molar refractivity (Wildman–Crippen MR) is 94.9 cm³/mol. The van der Waals surface area contributed by atoms with Crippen molar-refractivity contribution in [2.45, 2.75) is 27.3 Å². The van der Waals surface area contributed by atoms with Gasteiger partial charge in [0.25, 0.3) is 5.91 Å². The van der Waals surface area contributed by atoms with Crippen molar-refractivity contribution < 1.29 is 19.1 Å². The number of thiazole rings is 1. The van der Waals surface area contributed by atoms with Gasteiger partial charge >= 0.3 is 5.97 Å². The molecule has 128 valence electrons. The molecule has 0 saturated carbocycles. The second kappa shape index (κ2) is 8.25. The summed E-state index contributed by atoms with van der Waals surface area (Å²) >= 11 is 2.25. The van der Waals surface area contributed by atoms with Crippen molar-refractivity contribution in [3.63, 3.8) is 0 Å². The molecule has 0 aliphatic rings. The van der Waals surface area contributed by atoms with Crippen LogP contribution in [0.2, 0.25) is 0 Å². The number of carbonyl (C=O) groups excluding carboxylic acids is 3. The summed E-state index contributed by atoms with van der Waals surface area (Å²) in [6, 6.07) is 5.82. The number of nitrogens with zero attached hydrogens (tertiary/aromatic N) is 2. The van der Waals surface area contributed by atoms with Gasteiger partial charge in [-0.25, -0.2) is 0 Å². The van der Waals surface area contributed by atoms with E-state index in [1.807, 2.05) is 25.1 Å². The summed E-state index contributed by atoms with van der Waals surface area (Å²) in [5.74, 6) is -0.803. The third-order valence-corrected chi connectivity index (χ3v) is 4.89. The first-order valence-electron chi connectivity index (χ1n) is 7.37.